The van der Waals surface area contributed by atoms with Crippen molar-refractivity contribution in [3.63, 3.8) is 0 Å². The number of nitrogens with one attached hydrogen (secondary N) is 1. The lowest BCUT2D eigenvalue weighted by Gasteiger charge is -2.26. The van der Waals surface area contributed by atoms with Crippen LogP contribution in [-0.4, -0.2) is 27.4 Å². The Morgan fingerprint density at radius 1 is 1.19 bits per heavy atom. The number of amides is 1. The van der Waals surface area contributed by atoms with Crippen LogP contribution in [0, 0.1) is 6.92 Å². The molecule has 0 aliphatic rings. The normalized spacial score (nSPS) is 11.3. The van der Waals surface area contributed by atoms with Gasteiger partial charge in [-0.2, -0.15) is 0 Å². The van der Waals surface area contributed by atoms with Gasteiger partial charge in [-0.3, -0.25) is 4.79 Å². The third-order valence-corrected chi connectivity index (χ3v) is 5.06. The van der Waals surface area contributed by atoms with Gasteiger partial charge in [-0.05, 0) is 18.6 Å². The average molecular weight is 366 g/mol. The highest BCUT2D eigenvalue weighted by Crippen LogP contribution is 2.23. The lowest BCUT2D eigenvalue weighted by atomic mass is 9.84. The maximum Gasteiger partial charge on any atom is 0.226 e. The number of carbonyl (C=O) groups is 1. The summed E-state index contributed by atoms with van der Waals surface area (Å²) < 4.78 is 0. The molecule has 0 spiro atoms. The summed E-state index contributed by atoms with van der Waals surface area (Å²) in [6.07, 6.45) is 3.63. The Hall–Kier alpha value is -2.60. The van der Waals surface area contributed by atoms with Gasteiger partial charge in [0, 0.05) is 29.7 Å². The molecular formula is C20H22N4OS. The first-order valence-corrected chi connectivity index (χ1v) is 9.38. The molecule has 0 bridgehead atoms. The number of aromatic nitrogens is 3. The van der Waals surface area contributed by atoms with E-state index in [-0.39, 0.29) is 17.7 Å². The van der Waals surface area contributed by atoms with Gasteiger partial charge in [-0.25, -0.2) is 15.0 Å². The van der Waals surface area contributed by atoms with Crippen molar-refractivity contribution in [3.05, 3.63) is 64.9 Å². The Labute approximate surface area is 157 Å². The van der Waals surface area contributed by atoms with E-state index in [4.69, 9.17) is 0 Å². The predicted octanol–water partition coefficient (Wildman–Crippen LogP) is 3.55. The zero-order valence-electron chi connectivity index (χ0n) is 15.2. The molecule has 0 unspecified atom stereocenters. The van der Waals surface area contributed by atoms with Crippen molar-refractivity contribution in [3.8, 4) is 10.8 Å². The maximum atomic E-state index is 12.3. The van der Waals surface area contributed by atoms with Crippen LogP contribution in [0.25, 0.3) is 10.8 Å². The summed E-state index contributed by atoms with van der Waals surface area (Å²) in [5.41, 5.74) is 3.05. The molecule has 26 heavy (non-hydrogen) atoms. The molecule has 0 aliphatic heterocycles. The molecule has 1 N–H and O–H groups in total. The summed E-state index contributed by atoms with van der Waals surface area (Å²) in [5, 5.41) is 5.65. The van der Waals surface area contributed by atoms with Crippen molar-refractivity contribution >= 4 is 17.2 Å². The first-order valence-electron chi connectivity index (χ1n) is 8.50. The minimum Gasteiger partial charge on any atom is -0.355 e. The second kappa shape index (κ2) is 7.74. The summed E-state index contributed by atoms with van der Waals surface area (Å²) in [6, 6.07) is 10.2. The van der Waals surface area contributed by atoms with Crippen LogP contribution in [0.3, 0.4) is 0 Å². The Kier molecular flexibility index (Phi) is 5.42. The van der Waals surface area contributed by atoms with Gasteiger partial charge in [0.15, 0.2) is 10.8 Å². The van der Waals surface area contributed by atoms with Crippen LogP contribution in [0.5, 0.6) is 0 Å². The lowest BCUT2D eigenvalue weighted by Crippen LogP contribution is -2.37. The first kappa shape index (κ1) is 18.2. The van der Waals surface area contributed by atoms with Crippen LogP contribution in [0.4, 0.5) is 0 Å². The third kappa shape index (κ3) is 4.52. The maximum absolute atomic E-state index is 12.3. The molecule has 2 aromatic heterocycles. The Morgan fingerprint density at radius 3 is 2.69 bits per heavy atom. The largest absolute Gasteiger partial charge is 0.355 e. The van der Waals surface area contributed by atoms with Gasteiger partial charge in [0.05, 0.1) is 12.1 Å². The van der Waals surface area contributed by atoms with Gasteiger partial charge in [0.2, 0.25) is 5.91 Å². The molecule has 3 rings (SSSR count). The minimum atomic E-state index is -0.132. The fourth-order valence-corrected chi connectivity index (χ4v) is 3.38. The fourth-order valence-electron chi connectivity index (χ4n) is 2.62. The van der Waals surface area contributed by atoms with Gasteiger partial charge in [0.25, 0.3) is 0 Å². The van der Waals surface area contributed by atoms with Crippen molar-refractivity contribution in [2.75, 3.05) is 6.54 Å². The van der Waals surface area contributed by atoms with Crippen molar-refractivity contribution in [2.24, 2.45) is 0 Å². The predicted molar refractivity (Wildman–Crippen MR) is 104 cm³/mol. The highest BCUT2D eigenvalue weighted by molar-refractivity contribution is 7.13. The van der Waals surface area contributed by atoms with E-state index in [1.54, 1.807) is 18.5 Å². The number of carbonyl (C=O) groups excluding carboxylic acids is 1. The smallest absolute Gasteiger partial charge is 0.226 e. The van der Waals surface area contributed by atoms with Crippen molar-refractivity contribution in [1.82, 2.24) is 20.3 Å². The van der Waals surface area contributed by atoms with E-state index < -0.39 is 0 Å². The highest BCUT2D eigenvalue weighted by atomic mass is 32.1. The summed E-state index contributed by atoms with van der Waals surface area (Å²) in [4.78, 5) is 25.2. The van der Waals surface area contributed by atoms with Crippen LogP contribution < -0.4 is 5.32 Å². The van der Waals surface area contributed by atoms with E-state index in [1.165, 1.54) is 22.5 Å². The molecule has 5 nitrogen and oxygen atoms in total. The topological polar surface area (TPSA) is 67.8 Å². The molecule has 0 fully saturated rings. The van der Waals surface area contributed by atoms with Gasteiger partial charge >= 0.3 is 0 Å². The van der Waals surface area contributed by atoms with E-state index in [0.29, 0.717) is 12.4 Å². The second-order valence-corrected chi connectivity index (χ2v) is 7.78. The lowest BCUT2D eigenvalue weighted by molar-refractivity contribution is -0.120. The SMILES string of the molecule is Cc1cccc(C(C)(C)CNC(=O)Cc2csc(-c3ncccn3)n2)c1. The number of aryl methyl sites for hydroxylation is 1. The van der Waals surface area contributed by atoms with Crippen LogP contribution in [0.15, 0.2) is 48.1 Å². The molecule has 0 atom stereocenters. The van der Waals surface area contributed by atoms with E-state index in [1.807, 2.05) is 5.38 Å². The number of hydrogen-bond acceptors (Lipinski definition) is 5. The molecule has 1 aromatic carbocycles. The van der Waals surface area contributed by atoms with Crippen LogP contribution in [-0.2, 0) is 16.6 Å². The molecule has 6 heteroatoms. The van der Waals surface area contributed by atoms with Gasteiger partial charge < -0.3 is 5.32 Å². The molecule has 134 valence electrons. The molecule has 1 amide bonds. The minimum absolute atomic E-state index is 0.0310. The Morgan fingerprint density at radius 2 is 1.96 bits per heavy atom. The zero-order chi connectivity index (χ0) is 18.6. The summed E-state index contributed by atoms with van der Waals surface area (Å²) >= 11 is 1.45. The van der Waals surface area contributed by atoms with Crippen LogP contribution >= 0.6 is 11.3 Å². The van der Waals surface area contributed by atoms with Gasteiger partial charge in [-0.15, -0.1) is 11.3 Å². The monoisotopic (exact) mass is 366 g/mol. The fraction of sp³-hybridized carbons (Fsp3) is 0.300. The van der Waals surface area contributed by atoms with Crippen molar-refractivity contribution in [1.29, 1.82) is 0 Å². The zero-order valence-corrected chi connectivity index (χ0v) is 16.0. The van der Waals surface area contributed by atoms with E-state index in [0.717, 1.165) is 10.7 Å². The van der Waals surface area contributed by atoms with E-state index in [2.05, 4.69) is 65.3 Å². The molecule has 3 aromatic rings. The standard InChI is InChI=1S/C20H22N4OS/c1-14-6-4-7-15(10-14)20(2,3)13-23-17(25)11-16-12-26-19(24-16)18-21-8-5-9-22-18/h4-10,12H,11,13H2,1-3H3,(H,23,25). The number of thiazole rings is 1. The van der Waals surface area contributed by atoms with E-state index >= 15 is 0 Å². The summed E-state index contributed by atoms with van der Waals surface area (Å²) in [5.74, 6) is 0.557. The average Bonchev–Trinajstić information content (AvgIpc) is 3.09. The molecule has 0 radical (unpaired) electrons. The third-order valence-electron chi connectivity index (χ3n) is 4.18. The van der Waals surface area contributed by atoms with Crippen LogP contribution in [0.1, 0.15) is 30.7 Å². The van der Waals surface area contributed by atoms with Gasteiger partial charge in [0.1, 0.15) is 0 Å². The number of benzene rings is 1. The number of hydrogen-bond donors (Lipinski definition) is 1. The quantitative estimate of drug-likeness (QED) is 0.724. The first-order chi connectivity index (χ1) is 12.4. The summed E-state index contributed by atoms with van der Waals surface area (Å²) in [6.45, 7) is 6.92. The second-order valence-electron chi connectivity index (χ2n) is 6.92. The van der Waals surface area contributed by atoms with E-state index in [9.17, 15) is 4.79 Å². The van der Waals surface area contributed by atoms with Crippen molar-refractivity contribution in [2.45, 2.75) is 32.6 Å². The van der Waals surface area contributed by atoms with Crippen LogP contribution in [0.2, 0.25) is 0 Å². The van der Waals surface area contributed by atoms with Gasteiger partial charge in [-0.1, -0.05) is 43.7 Å². The molecular weight excluding hydrogens is 344 g/mol. The highest BCUT2D eigenvalue weighted by Gasteiger charge is 2.21. The summed E-state index contributed by atoms with van der Waals surface area (Å²) in [7, 11) is 0. The molecule has 2 heterocycles. The van der Waals surface area contributed by atoms with Crippen molar-refractivity contribution < 1.29 is 4.79 Å². The number of rotatable bonds is 6. The molecule has 0 aliphatic carbocycles. The number of nitrogens with zero attached hydrogens (tertiary/aromatic N) is 3. The Bertz CT molecular complexity index is 890. The molecule has 0 saturated heterocycles. The molecule has 0 saturated carbocycles. The Balaban J connectivity index is 1.58.